The normalized spacial score (nSPS) is 25.3. The zero-order valence-electron chi connectivity index (χ0n) is 16.0. The molecule has 2 fully saturated rings. The number of carbonyl (C=O) groups excluding carboxylic acids is 2. The Balaban J connectivity index is 0.00000225. The van der Waals surface area contributed by atoms with E-state index in [1.807, 2.05) is 19.2 Å². The third-order valence-electron chi connectivity index (χ3n) is 5.53. The third kappa shape index (κ3) is 3.85. The molecule has 2 aliphatic rings. The summed E-state index contributed by atoms with van der Waals surface area (Å²) in [6.07, 6.45) is 1.97. The van der Waals surface area contributed by atoms with Crippen molar-refractivity contribution < 1.29 is 14.3 Å². The number of carbonyl (C=O) groups is 2. The largest absolute Gasteiger partial charge is 0.380 e. The second kappa shape index (κ2) is 8.46. The van der Waals surface area contributed by atoms with E-state index in [1.54, 1.807) is 11.8 Å². The Labute approximate surface area is 169 Å². The standard InChI is InChI=1S/C19H25N5O3.ClH/c1-24-15-9-11(21-14-7-8-20-10-16(14)27-2)3-4-12(15)18(23-24)13-5-6-17(25)22-19(13)26;/h3-4,9,13-14,16,20-21H,5-8,10H2,1-2H3,(H,22,25,26);1H/t13?,14-,16-;/m1./s1. The van der Waals surface area contributed by atoms with Crippen molar-refractivity contribution >= 4 is 40.8 Å². The highest BCUT2D eigenvalue weighted by Crippen LogP contribution is 2.31. The molecule has 8 nitrogen and oxygen atoms in total. The maximum Gasteiger partial charge on any atom is 0.235 e. The number of nitrogens with one attached hydrogen (secondary N) is 3. The molecule has 1 unspecified atom stereocenters. The number of amides is 2. The smallest absolute Gasteiger partial charge is 0.235 e. The maximum atomic E-state index is 12.2. The van der Waals surface area contributed by atoms with E-state index in [9.17, 15) is 9.59 Å². The van der Waals surface area contributed by atoms with Crippen LogP contribution in [0.25, 0.3) is 10.9 Å². The summed E-state index contributed by atoms with van der Waals surface area (Å²) in [6, 6.07) is 6.34. The van der Waals surface area contributed by atoms with Crippen molar-refractivity contribution in [1.82, 2.24) is 20.4 Å². The first-order chi connectivity index (χ1) is 13.1. The summed E-state index contributed by atoms with van der Waals surface area (Å²) in [7, 11) is 3.62. The summed E-state index contributed by atoms with van der Waals surface area (Å²) in [5.41, 5.74) is 2.71. The molecule has 3 N–H and O–H groups in total. The number of anilines is 1. The molecule has 28 heavy (non-hydrogen) atoms. The SMILES string of the molecule is CO[C@@H]1CNCC[C@H]1Nc1ccc2c(C3CCC(=O)NC3=O)nn(C)c2c1.Cl. The molecule has 1 aromatic carbocycles. The van der Waals surface area contributed by atoms with Crippen LogP contribution in [-0.2, 0) is 21.4 Å². The van der Waals surface area contributed by atoms with Crippen molar-refractivity contribution in [2.45, 2.75) is 37.3 Å². The minimum absolute atomic E-state index is 0. The molecule has 0 radical (unpaired) electrons. The van der Waals surface area contributed by atoms with Gasteiger partial charge in [0, 0.05) is 38.2 Å². The number of benzene rings is 1. The van der Waals surface area contributed by atoms with Gasteiger partial charge in [-0.3, -0.25) is 19.6 Å². The van der Waals surface area contributed by atoms with Crippen LogP contribution in [-0.4, -0.2) is 53.9 Å². The lowest BCUT2D eigenvalue weighted by molar-refractivity contribution is -0.134. The van der Waals surface area contributed by atoms with Gasteiger partial charge in [0.25, 0.3) is 0 Å². The van der Waals surface area contributed by atoms with Crippen LogP contribution in [0.4, 0.5) is 5.69 Å². The Morgan fingerprint density at radius 3 is 2.86 bits per heavy atom. The van der Waals surface area contributed by atoms with Crippen LogP contribution in [0.5, 0.6) is 0 Å². The summed E-state index contributed by atoms with van der Waals surface area (Å²) >= 11 is 0. The fraction of sp³-hybridized carbons (Fsp3) is 0.526. The number of halogens is 1. The highest BCUT2D eigenvalue weighted by Gasteiger charge is 2.31. The van der Waals surface area contributed by atoms with E-state index in [4.69, 9.17) is 4.74 Å². The lowest BCUT2D eigenvalue weighted by Gasteiger charge is -2.32. The van der Waals surface area contributed by atoms with E-state index in [1.165, 1.54) is 0 Å². The zero-order valence-corrected chi connectivity index (χ0v) is 16.8. The molecule has 0 aliphatic carbocycles. The number of aryl methyl sites for hydroxylation is 1. The van der Waals surface area contributed by atoms with Gasteiger partial charge in [0.1, 0.15) is 0 Å². The van der Waals surface area contributed by atoms with Crippen molar-refractivity contribution in [3.63, 3.8) is 0 Å². The van der Waals surface area contributed by atoms with E-state index >= 15 is 0 Å². The average molecular weight is 408 g/mol. The molecule has 0 spiro atoms. The summed E-state index contributed by atoms with van der Waals surface area (Å²) in [5, 5.41) is 14.9. The van der Waals surface area contributed by atoms with Crippen molar-refractivity contribution in [2.75, 3.05) is 25.5 Å². The van der Waals surface area contributed by atoms with Gasteiger partial charge < -0.3 is 15.4 Å². The topological polar surface area (TPSA) is 97.3 Å². The number of fused-ring (bicyclic) bond motifs is 1. The van der Waals surface area contributed by atoms with Crippen LogP contribution in [0.3, 0.4) is 0 Å². The molecule has 2 saturated heterocycles. The van der Waals surface area contributed by atoms with Crippen molar-refractivity contribution in [3.05, 3.63) is 23.9 Å². The summed E-state index contributed by atoms with van der Waals surface area (Å²) in [6.45, 7) is 1.80. The van der Waals surface area contributed by atoms with Gasteiger partial charge in [-0.25, -0.2) is 0 Å². The zero-order chi connectivity index (χ0) is 19.0. The average Bonchev–Trinajstić information content (AvgIpc) is 2.98. The van der Waals surface area contributed by atoms with Gasteiger partial charge in [0.05, 0.1) is 29.3 Å². The number of nitrogens with zero attached hydrogens (tertiary/aromatic N) is 2. The predicted octanol–water partition coefficient (Wildman–Crippen LogP) is 1.30. The summed E-state index contributed by atoms with van der Waals surface area (Å²) in [5.74, 6) is -0.851. The Bertz CT molecular complexity index is 884. The van der Waals surface area contributed by atoms with E-state index in [-0.39, 0.29) is 42.3 Å². The Kier molecular flexibility index (Phi) is 6.22. The summed E-state index contributed by atoms with van der Waals surface area (Å²) in [4.78, 5) is 23.7. The van der Waals surface area contributed by atoms with Gasteiger partial charge in [-0.2, -0.15) is 5.10 Å². The first-order valence-electron chi connectivity index (χ1n) is 9.37. The lowest BCUT2D eigenvalue weighted by atomic mass is 9.93. The van der Waals surface area contributed by atoms with Gasteiger partial charge in [0.15, 0.2) is 0 Å². The number of piperidine rings is 2. The molecular formula is C19H26ClN5O3. The van der Waals surface area contributed by atoms with Gasteiger partial charge in [-0.15, -0.1) is 12.4 Å². The maximum absolute atomic E-state index is 12.2. The Morgan fingerprint density at radius 1 is 1.29 bits per heavy atom. The van der Waals surface area contributed by atoms with Crippen LogP contribution in [0.15, 0.2) is 18.2 Å². The van der Waals surface area contributed by atoms with Crippen LogP contribution >= 0.6 is 12.4 Å². The molecule has 2 aliphatic heterocycles. The molecule has 4 rings (SSSR count). The van der Waals surface area contributed by atoms with Crippen LogP contribution < -0.4 is 16.0 Å². The van der Waals surface area contributed by atoms with Gasteiger partial charge in [-0.05, 0) is 37.6 Å². The predicted molar refractivity (Wildman–Crippen MR) is 109 cm³/mol. The molecule has 9 heteroatoms. The van der Waals surface area contributed by atoms with Gasteiger partial charge in [0.2, 0.25) is 11.8 Å². The van der Waals surface area contributed by atoms with E-state index in [0.29, 0.717) is 12.8 Å². The first kappa shape index (κ1) is 20.6. The van der Waals surface area contributed by atoms with E-state index in [0.717, 1.165) is 41.8 Å². The second-order valence-corrected chi connectivity index (χ2v) is 7.26. The highest BCUT2D eigenvalue weighted by molar-refractivity contribution is 6.02. The molecule has 1 aromatic heterocycles. The van der Waals surface area contributed by atoms with Gasteiger partial charge in [-0.1, -0.05) is 0 Å². The number of rotatable bonds is 4. The fourth-order valence-electron chi connectivity index (χ4n) is 4.04. The second-order valence-electron chi connectivity index (χ2n) is 7.26. The number of aromatic nitrogens is 2. The number of methoxy groups -OCH3 is 1. The molecule has 152 valence electrons. The van der Waals surface area contributed by atoms with Crippen LogP contribution in [0.1, 0.15) is 30.9 Å². The number of hydrogen-bond donors (Lipinski definition) is 3. The molecule has 2 aromatic rings. The fourth-order valence-corrected chi connectivity index (χ4v) is 4.04. The number of hydrogen-bond acceptors (Lipinski definition) is 6. The molecule has 3 atom stereocenters. The van der Waals surface area contributed by atoms with E-state index in [2.05, 4.69) is 27.1 Å². The lowest BCUT2D eigenvalue weighted by Crippen LogP contribution is -2.48. The Hall–Kier alpha value is -2.16. The first-order valence-corrected chi connectivity index (χ1v) is 9.37. The van der Waals surface area contributed by atoms with Gasteiger partial charge >= 0.3 is 0 Å². The van der Waals surface area contributed by atoms with Crippen LogP contribution in [0.2, 0.25) is 0 Å². The molecule has 2 amide bonds. The molecular weight excluding hydrogens is 382 g/mol. The minimum atomic E-state index is -0.382. The van der Waals surface area contributed by atoms with Crippen molar-refractivity contribution in [2.24, 2.45) is 7.05 Å². The highest BCUT2D eigenvalue weighted by atomic mass is 35.5. The number of imide groups is 1. The van der Waals surface area contributed by atoms with E-state index < -0.39 is 0 Å². The van der Waals surface area contributed by atoms with Crippen molar-refractivity contribution in [3.8, 4) is 0 Å². The quantitative estimate of drug-likeness (QED) is 0.661. The Morgan fingerprint density at radius 2 is 2.11 bits per heavy atom. The monoisotopic (exact) mass is 407 g/mol. The molecule has 0 saturated carbocycles. The minimum Gasteiger partial charge on any atom is -0.380 e. The van der Waals surface area contributed by atoms with Crippen molar-refractivity contribution in [1.29, 1.82) is 0 Å². The summed E-state index contributed by atoms with van der Waals surface area (Å²) < 4.78 is 7.38. The molecule has 0 bridgehead atoms. The third-order valence-corrected chi connectivity index (χ3v) is 5.53. The van der Waals surface area contributed by atoms with Crippen LogP contribution in [0, 0.1) is 0 Å². The number of ether oxygens (including phenoxy) is 1. The molecule has 3 heterocycles.